The van der Waals surface area contributed by atoms with Crippen LogP contribution in [0.1, 0.15) is 33.6 Å². The van der Waals surface area contributed by atoms with Crippen molar-refractivity contribution in [1.82, 2.24) is 4.90 Å². The number of nitrogens with two attached hydrogens (primary N) is 1. The van der Waals surface area contributed by atoms with Gasteiger partial charge in [0.2, 0.25) is 5.91 Å². The summed E-state index contributed by atoms with van der Waals surface area (Å²) < 4.78 is 0. The lowest BCUT2D eigenvalue weighted by atomic mass is 9.91. The van der Waals surface area contributed by atoms with Crippen LogP contribution in [0.25, 0.3) is 0 Å². The Morgan fingerprint density at radius 3 is 2.53 bits per heavy atom. The molecule has 4 heteroatoms. The molecule has 0 saturated carbocycles. The van der Waals surface area contributed by atoms with Crippen molar-refractivity contribution in [2.24, 2.45) is 17.1 Å². The number of likely N-dealkylation sites (tertiary alicyclic amines) is 1. The summed E-state index contributed by atoms with van der Waals surface area (Å²) in [5, 5.41) is 7.42. The summed E-state index contributed by atoms with van der Waals surface area (Å²) in [6.45, 7) is 7.19. The monoisotopic (exact) mass is 211 g/mol. The van der Waals surface area contributed by atoms with Crippen LogP contribution in [0.15, 0.2) is 0 Å². The summed E-state index contributed by atoms with van der Waals surface area (Å²) in [6.07, 6.45) is 1.88. The van der Waals surface area contributed by atoms with Crippen molar-refractivity contribution in [3.8, 4) is 0 Å². The van der Waals surface area contributed by atoms with Crippen molar-refractivity contribution in [2.45, 2.75) is 33.6 Å². The maximum atomic E-state index is 12.0. The van der Waals surface area contributed by atoms with Crippen LogP contribution in [0.3, 0.4) is 0 Å². The van der Waals surface area contributed by atoms with Gasteiger partial charge in [-0.05, 0) is 12.8 Å². The van der Waals surface area contributed by atoms with Crippen LogP contribution in [0.2, 0.25) is 0 Å². The van der Waals surface area contributed by atoms with Crippen molar-refractivity contribution in [1.29, 1.82) is 5.41 Å². The maximum absolute atomic E-state index is 12.0. The molecule has 1 amide bonds. The fourth-order valence-corrected chi connectivity index (χ4v) is 1.89. The Hall–Kier alpha value is -1.06. The van der Waals surface area contributed by atoms with Gasteiger partial charge in [-0.1, -0.05) is 20.8 Å². The largest absolute Gasteiger partial charge is 0.387 e. The van der Waals surface area contributed by atoms with Gasteiger partial charge in [0.25, 0.3) is 0 Å². The zero-order valence-electron chi connectivity index (χ0n) is 9.84. The van der Waals surface area contributed by atoms with E-state index in [4.69, 9.17) is 11.1 Å². The number of amidine groups is 1. The van der Waals surface area contributed by atoms with E-state index >= 15 is 0 Å². The molecule has 4 nitrogen and oxygen atoms in total. The standard InChI is InChI=1S/C11H21N3O/c1-11(2,3)10(15)14-6-4-5-8(7-14)9(12)13/h8H,4-7H2,1-3H3,(H3,12,13). The molecule has 86 valence electrons. The first-order valence-corrected chi connectivity index (χ1v) is 5.45. The Morgan fingerprint density at radius 1 is 1.47 bits per heavy atom. The molecule has 0 bridgehead atoms. The van der Waals surface area contributed by atoms with Gasteiger partial charge >= 0.3 is 0 Å². The smallest absolute Gasteiger partial charge is 0.227 e. The Kier molecular flexibility index (Phi) is 3.37. The summed E-state index contributed by atoms with van der Waals surface area (Å²) >= 11 is 0. The van der Waals surface area contributed by atoms with E-state index in [1.165, 1.54) is 0 Å². The minimum atomic E-state index is -0.335. The number of amides is 1. The topological polar surface area (TPSA) is 70.2 Å². The minimum Gasteiger partial charge on any atom is -0.387 e. The van der Waals surface area contributed by atoms with Gasteiger partial charge < -0.3 is 10.6 Å². The van der Waals surface area contributed by atoms with Crippen LogP contribution in [0.5, 0.6) is 0 Å². The number of carbonyl (C=O) groups is 1. The highest BCUT2D eigenvalue weighted by atomic mass is 16.2. The zero-order chi connectivity index (χ0) is 11.6. The second-order valence-electron chi connectivity index (χ2n) is 5.30. The van der Waals surface area contributed by atoms with Crippen LogP contribution in [-0.2, 0) is 4.79 Å². The van der Waals surface area contributed by atoms with Gasteiger partial charge in [-0.3, -0.25) is 10.2 Å². The molecule has 0 aromatic heterocycles. The second-order valence-corrected chi connectivity index (χ2v) is 5.30. The van der Waals surface area contributed by atoms with Gasteiger partial charge in [-0.25, -0.2) is 0 Å². The lowest BCUT2D eigenvalue weighted by Crippen LogP contribution is -2.47. The van der Waals surface area contributed by atoms with Crippen molar-refractivity contribution in [3.63, 3.8) is 0 Å². The van der Waals surface area contributed by atoms with E-state index in [-0.39, 0.29) is 23.1 Å². The van der Waals surface area contributed by atoms with E-state index in [1.807, 2.05) is 25.7 Å². The molecule has 1 rings (SSSR count). The number of carbonyl (C=O) groups excluding carboxylic acids is 1. The second kappa shape index (κ2) is 4.21. The summed E-state index contributed by atoms with van der Waals surface area (Å²) in [5.74, 6) is 0.430. The first-order chi connectivity index (χ1) is 6.82. The van der Waals surface area contributed by atoms with Crippen LogP contribution in [0.4, 0.5) is 0 Å². The molecule has 1 atom stereocenters. The highest BCUT2D eigenvalue weighted by Gasteiger charge is 2.31. The molecule has 0 radical (unpaired) electrons. The first-order valence-electron chi connectivity index (χ1n) is 5.45. The average molecular weight is 211 g/mol. The summed E-state index contributed by atoms with van der Waals surface area (Å²) in [6, 6.07) is 0. The Balaban J connectivity index is 2.64. The number of hydrogen-bond acceptors (Lipinski definition) is 2. The normalized spacial score (nSPS) is 22.6. The molecular formula is C11H21N3O. The van der Waals surface area contributed by atoms with Crippen molar-refractivity contribution in [3.05, 3.63) is 0 Å². The Morgan fingerprint density at radius 2 is 2.07 bits per heavy atom. The summed E-state index contributed by atoms with van der Waals surface area (Å²) in [7, 11) is 0. The first kappa shape index (κ1) is 12.0. The van der Waals surface area contributed by atoms with E-state index in [0.29, 0.717) is 6.54 Å². The van der Waals surface area contributed by atoms with Crippen LogP contribution in [-0.4, -0.2) is 29.7 Å². The molecule has 1 saturated heterocycles. The van der Waals surface area contributed by atoms with E-state index in [0.717, 1.165) is 19.4 Å². The number of rotatable bonds is 1. The third-order valence-corrected chi connectivity index (χ3v) is 2.79. The van der Waals surface area contributed by atoms with Gasteiger partial charge in [-0.2, -0.15) is 0 Å². The Bertz CT molecular complexity index is 267. The lowest BCUT2D eigenvalue weighted by molar-refractivity contribution is -0.140. The third-order valence-electron chi connectivity index (χ3n) is 2.79. The predicted octanol–water partition coefficient (Wildman–Crippen LogP) is 1.21. The molecule has 3 N–H and O–H groups in total. The van der Waals surface area contributed by atoms with Gasteiger partial charge in [0, 0.05) is 24.4 Å². The molecular weight excluding hydrogens is 190 g/mol. The number of nitrogens with zero attached hydrogens (tertiary/aromatic N) is 1. The molecule has 1 fully saturated rings. The van der Waals surface area contributed by atoms with E-state index in [2.05, 4.69) is 0 Å². The lowest BCUT2D eigenvalue weighted by Gasteiger charge is -2.36. The van der Waals surface area contributed by atoms with Crippen LogP contribution >= 0.6 is 0 Å². The Labute approximate surface area is 91.3 Å². The molecule has 1 aliphatic rings. The molecule has 0 spiro atoms. The molecule has 1 unspecified atom stereocenters. The molecule has 1 aliphatic heterocycles. The number of piperidine rings is 1. The number of hydrogen-bond donors (Lipinski definition) is 2. The fourth-order valence-electron chi connectivity index (χ4n) is 1.89. The van der Waals surface area contributed by atoms with E-state index in [9.17, 15) is 4.79 Å². The predicted molar refractivity (Wildman–Crippen MR) is 60.7 cm³/mol. The quantitative estimate of drug-likeness (QED) is 0.505. The maximum Gasteiger partial charge on any atom is 0.227 e. The molecule has 15 heavy (non-hydrogen) atoms. The van der Waals surface area contributed by atoms with Crippen molar-refractivity contribution >= 4 is 11.7 Å². The molecule has 0 aliphatic carbocycles. The van der Waals surface area contributed by atoms with E-state index in [1.54, 1.807) is 0 Å². The highest BCUT2D eigenvalue weighted by molar-refractivity contribution is 5.84. The SMILES string of the molecule is CC(C)(C)C(=O)N1CCCC(C(=N)N)C1. The van der Waals surface area contributed by atoms with Gasteiger partial charge in [0.1, 0.15) is 0 Å². The molecule has 0 aromatic carbocycles. The van der Waals surface area contributed by atoms with Gasteiger partial charge in [0.15, 0.2) is 0 Å². The average Bonchev–Trinajstić information content (AvgIpc) is 2.15. The van der Waals surface area contributed by atoms with Crippen molar-refractivity contribution < 1.29 is 4.79 Å². The minimum absolute atomic E-state index is 0.0602. The summed E-state index contributed by atoms with van der Waals surface area (Å²) in [4.78, 5) is 13.8. The fraction of sp³-hybridized carbons (Fsp3) is 0.818. The summed E-state index contributed by atoms with van der Waals surface area (Å²) in [5.41, 5.74) is 5.15. The van der Waals surface area contributed by atoms with Gasteiger partial charge in [-0.15, -0.1) is 0 Å². The molecule has 0 aromatic rings. The highest BCUT2D eigenvalue weighted by Crippen LogP contribution is 2.23. The molecule has 1 heterocycles. The third kappa shape index (κ3) is 2.94. The van der Waals surface area contributed by atoms with Crippen molar-refractivity contribution in [2.75, 3.05) is 13.1 Å². The van der Waals surface area contributed by atoms with Crippen LogP contribution in [0, 0.1) is 16.7 Å². The van der Waals surface area contributed by atoms with Gasteiger partial charge in [0.05, 0.1) is 5.84 Å². The zero-order valence-corrected chi connectivity index (χ0v) is 9.84. The van der Waals surface area contributed by atoms with E-state index < -0.39 is 0 Å². The van der Waals surface area contributed by atoms with Crippen LogP contribution < -0.4 is 5.73 Å². The number of nitrogens with one attached hydrogen (secondary N) is 1.